The van der Waals surface area contributed by atoms with E-state index in [2.05, 4.69) is 18.7 Å². The Morgan fingerprint density at radius 2 is 1.95 bits per heavy atom. The highest BCUT2D eigenvalue weighted by Crippen LogP contribution is 2.24. The van der Waals surface area contributed by atoms with Gasteiger partial charge in [-0.05, 0) is 38.1 Å². The molecule has 0 radical (unpaired) electrons. The number of hydrogen-bond donors (Lipinski definition) is 0. The molecule has 1 aromatic rings. The van der Waals surface area contributed by atoms with Crippen LogP contribution in [0.5, 0.6) is 0 Å². The van der Waals surface area contributed by atoms with Gasteiger partial charge in [-0.3, -0.25) is 9.69 Å². The molecule has 20 heavy (non-hydrogen) atoms. The highest BCUT2D eigenvalue weighted by Gasteiger charge is 2.35. The summed E-state index contributed by atoms with van der Waals surface area (Å²) in [6.07, 6.45) is 4.62. The second-order valence-corrected chi connectivity index (χ2v) is 5.47. The second kappa shape index (κ2) is 7.44. The van der Waals surface area contributed by atoms with Crippen LogP contribution in [0, 0.1) is 0 Å². The van der Waals surface area contributed by atoms with Gasteiger partial charge in [-0.15, -0.1) is 0 Å². The summed E-state index contributed by atoms with van der Waals surface area (Å²) in [6, 6.07) is 10.1. The zero-order chi connectivity index (χ0) is 14.4. The van der Waals surface area contributed by atoms with Gasteiger partial charge in [0.2, 0.25) is 5.91 Å². The summed E-state index contributed by atoms with van der Waals surface area (Å²) in [7, 11) is 0. The Labute approximate surface area is 122 Å². The van der Waals surface area contributed by atoms with Crippen LogP contribution in [0.15, 0.2) is 30.3 Å². The van der Waals surface area contributed by atoms with Gasteiger partial charge in [0, 0.05) is 12.2 Å². The number of benzene rings is 1. The van der Waals surface area contributed by atoms with Crippen molar-refractivity contribution in [2.75, 3.05) is 24.5 Å². The number of likely N-dealkylation sites (N-methyl/N-ethyl adjacent to an activating group) is 1. The summed E-state index contributed by atoms with van der Waals surface area (Å²) in [6.45, 7) is 7.22. The van der Waals surface area contributed by atoms with Gasteiger partial charge >= 0.3 is 0 Å². The van der Waals surface area contributed by atoms with E-state index in [0.29, 0.717) is 0 Å². The lowest BCUT2D eigenvalue weighted by Crippen LogP contribution is -2.42. The van der Waals surface area contributed by atoms with E-state index in [9.17, 15) is 4.79 Å². The lowest BCUT2D eigenvalue weighted by atomic mass is 10.1. The number of nitrogens with zero attached hydrogens (tertiary/aromatic N) is 2. The van der Waals surface area contributed by atoms with E-state index in [0.717, 1.165) is 31.7 Å². The van der Waals surface area contributed by atoms with E-state index in [4.69, 9.17) is 0 Å². The van der Waals surface area contributed by atoms with Crippen LogP contribution in [0.4, 0.5) is 5.69 Å². The Hall–Kier alpha value is -1.35. The zero-order valence-electron chi connectivity index (χ0n) is 12.7. The molecule has 1 saturated heterocycles. The third-order valence-electron chi connectivity index (χ3n) is 4.14. The lowest BCUT2D eigenvalue weighted by Gasteiger charge is -2.26. The molecule has 1 aromatic carbocycles. The highest BCUT2D eigenvalue weighted by atomic mass is 16.2. The molecule has 1 aliphatic heterocycles. The molecule has 3 nitrogen and oxygen atoms in total. The first kappa shape index (κ1) is 15.0. The third kappa shape index (κ3) is 3.40. The molecule has 1 fully saturated rings. The zero-order valence-corrected chi connectivity index (χ0v) is 12.7. The van der Waals surface area contributed by atoms with Crippen molar-refractivity contribution in [1.82, 2.24) is 4.90 Å². The van der Waals surface area contributed by atoms with Crippen LogP contribution in [0.1, 0.15) is 39.5 Å². The maximum absolute atomic E-state index is 12.6. The lowest BCUT2D eigenvalue weighted by molar-refractivity contribution is -0.121. The van der Waals surface area contributed by atoms with Crippen LogP contribution in [0.2, 0.25) is 0 Å². The van der Waals surface area contributed by atoms with Crippen molar-refractivity contribution in [2.45, 2.75) is 45.6 Å². The van der Waals surface area contributed by atoms with Gasteiger partial charge in [0.05, 0.1) is 6.04 Å². The molecule has 1 atom stereocenters. The first-order valence-electron chi connectivity index (χ1n) is 7.88. The Morgan fingerprint density at radius 1 is 1.20 bits per heavy atom. The van der Waals surface area contributed by atoms with Crippen LogP contribution in [-0.2, 0) is 4.79 Å². The first-order valence-corrected chi connectivity index (χ1v) is 7.88. The fraction of sp³-hybridized carbons (Fsp3) is 0.588. The normalized spacial score (nSPS) is 19.1. The van der Waals surface area contributed by atoms with E-state index in [1.165, 1.54) is 19.3 Å². The molecular weight excluding hydrogens is 248 g/mol. The van der Waals surface area contributed by atoms with Crippen molar-refractivity contribution in [2.24, 2.45) is 0 Å². The minimum Gasteiger partial charge on any atom is -0.311 e. The van der Waals surface area contributed by atoms with Crippen LogP contribution in [0.25, 0.3) is 0 Å². The van der Waals surface area contributed by atoms with Crippen molar-refractivity contribution in [1.29, 1.82) is 0 Å². The standard InChI is InChI=1S/C17H26N2O/c1-3-5-9-13-18(4-2)16-12-14-19(17(16)20)15-10-7-6-8-11-15/h6-8,10-11,16H,3-5,9,12-14H2,1-2H3. The van der Waals surface area contributed by atoms with Crippen molar-refractivity contribution >= 4 is 11.6 Å². The number of carbonyl (C=O) groups excluding carboxylic acids is 1. The number of rotatable bonds is 7. The van der Waals surface area contributed by atoms with Gasteiger partial charge in [0.1, 0.15) is 0 Å². The molecule has 1 aliphatic rings. The van der Waals surface area contributed by atoms with Crippen molar-refractivity contribution in [3.8, 4) is 0 Å². The molecule has 110 valence electrons. The fourth-order valence-corrected chi connectivity index (χ4v) is 2.97. The van der Waals surface area contributed by atoms with E-state index < -0.39 is 0 Å². The number of hydrogen-bond acceptors (Lipinski definition) is 2. The summed E-state index contributed by atoms with van der Waals surface area (Å²) in [5.74, 6) is 0.273. The van der Waals surface area contributed by atoms with E-state index in [-0.39, 0.29) is 11.9 Å². The average Bonchev–Trinajstić information content (AvgIpc) is 2.86. The fourth-order valence-electron chi connectivity index (χ4n) is 2.97. The van der Waals surface area contributed by atoms with Gasteiger partial charge in [0.25, 0.3) is 0 Å². The Morgan fingerprint density at radius 3 is 2.60 bits per heavy atom. The van der Waals surface area contributed by atoms with Gasteiger partial charge in [-0.1, -0.05) is 44.9 Å². The molecule has 0 bridgehead atoms. The van der Waals surface area contributed by atoms with Crippen LogP contribution in [-0.4, -0.2) is 36.5 Å². The molecule has 1 heterocycles. The summed E-state index contributed by atoms with van der Waals surface area (Å²) in [5.41, 5.74) is 1.03. The van der Waals surface area contributed by atoms with Gasteiger partial charge in [0.15, 0.2) is 0 Å². The molecule has 0 saturated carbocycles. The smallest absolute Gasteiger partial charge is 0.244 e. The van der Waals surface area contributed by atoms with Gasteiger partial charge < -0.3 is 4.90 Å². The summed E-state index contributed by atoms with van der Waals surface area (Å²) in [4.78, 5) is 16.9. The third-order valence-corrected chi connectivity index (χ3v) is 4.14. The molecule has 0 spiro atoms. The predicted molar refractivity (Wildman–Crippen MR) is 84.0 cm³/mol. The number of carbonyl (C=O) groups is 1. The quantitative estimate of drug-likeness (QED) is 0.712. The maximum atomic E-state index is 12.6. The second-order valence-electron chi connectivity index (χ2n) is 5.47. The largest absolute Gasteiger partial charge is 0.311 e. The van der Waals surface area contributed by atoms with Crippen molar-refractivity contribution in [3.63, 3.8) is 0 Å². The number of anilines is 1. The van der Waals surface area contributed by atoms with Gasteiger partial charge in [-0.25, -0.2) is 0 Å². The molecule has 1 amide bonds. The van der Waals surface area contributed by atoms with E-state index in [1.54, 1.807) is 0 Å². The predicted octanol–water partition coefficient (Wildman–Crippen LogP) is 3.30. The molecule has 2 rings (SSSR count). The SMILES string of the molecule is CCCCCN(CC)C1CCN(c2ccccc2)C1=O. The molecule has 3 heteroatoms. The number of para-hydroxylation sites is 1. The van der Waals surface area contributed by atoms with Crippen molar-refractivity contribution < 1.29 is 4.79 Å². The topological polar surface area (TPSA) is 23.6 Å². The maximum Gasteiger partial charge on any atom is 0.244 e. The van der Waals surface area contributed by atoms with Gasteiger partial charge in [-0.2, -0.15) is 0 Å². The number of unbranched alkanes of at least 4 members (excludes halogenated alkanes) is 2. The highest BCUT2D eigenvalue weighted by molar-refractivity contribution is 5.99. The summed E-state index contributed by atoms with van der Waals surface area (Å²) >= 11 is 0. The minimum absolute atomic E-state index is 0.0806. The Balaban J connectivity index is 1.99. The molecule has 0 N–H and O–H groups in total. The van der Waals surface area contributed by atoms with E-state index in [1.807, 2.05) is 35.2 Å². The minimum atomic E-state index is 0.0806. The summed E-state index contributed by atoms with van der Waals surface area (Å²) < 4.78 is 0. The molecule has 0 aliphatic carbocycles. The van der Waals surface area contributed by atoms with E-state index >= 15 is 0 Å². The first-order chi connectivity index (χ1) is 9.77. The molecule has 1 unspecified atom stereocenters. The molecular formula is C17H26N2O. The Bertz CT molecular complexity index is 418. The number of amides is 1. The van der Waals surface area contributed by atoms with Crippen LogP contribution in [0.3, 0.4) is 0 Å². The van der Waals surface area contributed by atoms with Crippen LogP contribution < -0.4 is 4.90 Å². The van der Waals surface area contributed by atoms with Crippen LogP contribution >= 0.6 is 0 Å². The molecule has 0 aromatic heterocycles. The van der Waals surface area contributed by atoms with Crippen molar-refractivity contribution in [3.05, 3.63) is 30.3 Å². The average molecular weight is 274 g/mol. The monoisotopic (exact) mass is 274 g/mol. The summed E-state index contributed by atoms with van der Waals surface area (Å²) in [5, 5.41) is 0. The Kier molecular flexibility index (Phi) is 5.60.